The van der Waals surface area contributed by atoms with Crippen LogP contribution in [0.3, 0.4) is 0 Å². The fraction of sp³-hybridized carbons (Fsp3) is 0.667. The van der Waals surface area contributed by atoms with Crippen LogP contribution in [0.4, 0.5) is 4.79 Å². The van der Waals surface area contributed by atoms with Crippen LogP contribution >= 0.6 is 0 Å². The quantitative estimate of drug-likeness (QED) is 0.233. The first kappa shape index (κ1) is 10.5. The number of amidine groups is 1. The van der Waals surface area contributed by atoms with Crippen LogP contribution in [0.25, 0.3) is 0 Å². The Morgan fingerprint density at radius 2 is 2.17 bits per heavy atom. The first-order valence-corrected chi connectivity index (χ1v) is 3.47. The minimum absolute atomic E-state index is 0.0793. The number of nitrogens with zero attached hydrogens (tertiary/aromatic N) is 2. The standard InChI is InChI=1S/C6H14N4O2/c1-4(3-5(7)9-12)10(2)6(8)11/h4,12H,3H2,1-2H3,(H2,7,9)(H2,8,11). The number of carbonyl (C=O) groups is 1. The second-order valence-electron chi connectivity index (χ2n) is 2.59. The number of carbonyl (C=O) groups excluding carboxylic acids is 1. The van der Waals surface area contributed by atoms with E-state index in [1.54, 1.807) is 14.0 Å². The number of rotatable bonds is 3. The first-order chi connectivity index (χ1) is 5.49. The van der Waals surface area contributed by atoms with Gasteiger partial charge in [-0.25, -0.2) is 4.79 Å². The van der Waals surface area contributed by atoms with Gasteiger partial charge in [-0.15, -0.1) is 0 Å². The fourth-order valence-corrected chi connectivity index (χ4v) is 0.698. The van der Waals surface area contributed by atoms with E-state index in [9.17, 15) is 4.79 Å². The summed E-state index contributed by atoms with van der Waals surface area (Å²) in [4.78, 5) is 11.9. The molecule has 6 nitrogen and oxygen atoms in total. The molecule has 0 heterocycles. The van der Waals surface area contributed by atoms with E-state index >= 15 is 0 Å². The van der Waals surface area contributed by atoms with Gasteiger partial charge in [0.15, 0.2) is 0 Å². The molecule has 0 aromatic rings. The fourth-order valence-electron chi connectivity index (χ4n) is 0.698. The lowest BCUT2D eigenvalue weighted by molar-refractivity contribution is 0.204. The Hall–Kier alpha value is -1.46. The van der Waals surface area contributed by atoms with Gasteiger partial charge in [0, 0.05) is 19.5 Å². The molecule has 0 aliphatic rings. The van der Waals surface area contributed by atoms with Crippen molar-refractivity contribution in [2.24, 2.45) is 16.6 Å². The number of primary amides is 1. The monoisotopic (exact) mass is 174 g/mol. The van der Waals surface area contributed by atoms with Crippen molar-refractivity contribution in [3.63, 3.8) is 0 Å². The molecule has 0 aromatic carbocycles. The lowest BCUT2D eigenvalue weighted by Crippen LogP contribution is -2.40. The van der Waals surface area contributed by atoms with Gasteiger partial charge in [-0.05, 0) is 6.92 Å². The molecule has 0 saturated carbocycles. The van der Waals surface area contributed by atoms with Crippen LogP contribution in [0.2, 0.25) is 0 Å². The van der Waals surface area contributed by atoms with Crippen molar-refractivity contribution >= 4 is 11.9 Å². The third-order valence-electron chi connectivity index (χ3n) is 1.64. The molecule has 0 spiro atoms. The third-order valence-corrected chi connectivity index (χ3v) is 1.64. The van der Waals surface area contributed by atoms with Crippen molar-refractivity contribution in [3.05, 3.63) is 0 Å². The van der Waals surface area contributed by atoms with E-state index < -0.39 is 6.03 Å². The highest BCUT2D eigenvalue weighted by atomic mass is 16.4. The largest absolute Gasteiger partial charge is 0.409 e. The predicted molar refractivity (Wildman–Crippen MR) is 44.8 cm³/mol. The zero-order chi connectivity index (χ0) is 9.72. The molecule has 1 unspecified atom stereocenters. The molecule has 0 aromatic heterocycles. The molecule has 2 amide bonds. The lowest BCUT2D eigenvalue weighted by Gasteiger charge is -2.21. The average molecular weight is 174 g/mol. The Kier molecular flexibility index (Phi) is 3.89. The van der Waals surface area contributed by atoms with Gasteiger partial charge in [0.25, 0.3) is 0 Å². The van der Waals surface area contributed by atoms with Crippen molar-refractivity contribution in [3.8, 4) is 0 Å². The van der Waals surface area contributed by atoms with Gasteiger partial charge in [-0.2, -0.15) is 0 Å². The number of oxime groups is 1. The molecule has 0 rings (SSSR count). The molecule has 0 aliphatic carbocycles. The molecule has 0 bridgehead atoms. The predicted octanol–water partition coefficient (Wildman–Crippen LogP) is -0.478. The highest BCUT2D eigenvalue weighted by Gasteiger charge is 2.13. The van der Waals surface area contributed by atoms with E-state index in [-0.39, 0.29) is 11.9 Å². The molecule has 6 heteroatoms. The van der Waals surface area contributed by atoms with Gasteiger partial charge in [-0.1, -0.05) is 5.16 Å². The zero-order valence-corrected chi connectivity index (χ0v) is 7.19. The summed E-state index contributed by atoms with van der Waals surface area (Å²) >= 11 is 0. The summed E-state index contributed by atoms with van der Waals surface area (Å²) in [6, 6.07) is -0.702. The maximum absolute atomic E-state index is 10.6. The molecular formula is C6H14N4O2. The van der Waals surface area contributed by atoms with Crippen LogP contribution in [0.5, 0.6) is 0 Å². The summed E-state index contributed by atoms with van der Waals surface area (Å²) in [5, 5.41) is 11.0. The smallest absolute Gasteiger partial charge is 0.314 e. The minimum Gasteiger partial charge on any atom is -0.409 e. The van der Waals surface area contributed by atoms with E-state index in [1.807, 2.05) is 0 Å². The average Bonchev–Trinajstić information content (AvgIpc) is 2.02. The first-order valence-electron chi connectivity index (χ1n) is 3.47. The minimum atomic E-state index is -0.534. The maximum atomic E-state index is 10.6. The summed E-state index contributed by atoms with van der Waals surface area (Å²) in [5.41, 5.74) is 10.2. The SMILES string of the molecule is CC(CC(N)=NO)N(C)C(N)=O. The third kappa shape index (κ3) is 3.09. The van der Waals surface area contributed by atoms with E-state index in [0.29, 0.717) is 6.42 Å². The van der Waals surface area contributed by atoms with Gasteiger partial charge in [-0.3, -0.25) is 0 Å². The van der Waals surface area contributed by atoms with E-state index in [1.165, 1.54) is 4.90 Å². The second-order valence-corrected chi connectivity index (χ2v) is 2.59. The summed E-state index contributed by atoms with van der Waals surface area (Å²) in [6.07, 6.45) is 0.302. The molecule has 12 heavy (non-hydrogen) atoms. The van der Waals surface area contributed by atoms with Crippen molar-refractivity contribution in [2.75, 3.05) is 7.05 Å². The van der Waals surface area contributed by atoms with Gasteiger partial charge in [0.1, 0.15) is 5.84 Å². The van der Waals surface area contributed by atoms with Crippen LogP contribution in [0, 0.1) is 0 Å². The number of nitrogens with two attached hydrogens (primary N) is 2. The van der Waals surface area contributed by atoms with Gasteiger partial charge < -0.3 is 21.6 Å². The van der Waals surface area contributed by atoms with Crippen molar-refractivity contribution in [2.45, 2.75) is 19.4 Å². The number of hydrogen-bond acceptors (Lipinski definition) is 3. The van der Waals surface area contributed by atoms with Crippen LogP contribution in [0.15, 0.2) is 5.16 Å². The summed E-state index contributed by atoms with van der Waals surface area (Å²) < 4.78 is 0. The van der Waals surface area contributed by atoms with Gasteiger partial charge in [0.05, 0.1) is 0 Å². The van der Waals surface area contributed by atoms with Crippen LogP contribution in [-0.4, -0.2) is 35.1 Å². The zero-order valence-electron chi connectivity index (χ0n) is 7.19. The van der Waals surface area contributed by atoms with E-state index in [4.69, 9.17) is 16.7 Å². The number of amides is 2. The maximum Gasteiger partial charge on any atom is 0.314 e. The van der Waals surface area contributed by atoms with Crippen molar-refractivity contribution in [1.29, 1.82) is 0 Å². The van der Waals surface area contributed by atoms with E-state index in [2.05, 4.69) is 5.16 Å². The topological polar surface area (TPSA) is 105 Å². The Morgan fingerprint density at radius 3 is 2.50 bits per heavy atom. The number of urea groups is 1. The van der Waals surface area contributed by atoms with Crippen LogP contribution < -0.4 is 11.5 Å². The highest BCUT2D eigenvalue weighted by Crippen LogP contribution is 1.99. The molecule has 70 valence electrons. The summed E-state index contributed by atoms with van der Waals surface area (Å²) in [6.45, 7) is 1.75. The normalized spacial score (nSPS) is 14.0. The number of hydrogen-bond donors (Lipinski definition) is 3. The highest BCUT2D eigenvalue weighted by molar-refractivity contribution is 5.81. The molecule has 0 radical (unpaired) electrons. The molecule has 0 aliphatic heterocycles. The molecule has 0 saturated heterocycles. The Morgan fingerprint density at radius 1 is 1.67 bits per heavy atom. The van der Waals surface area contributed by atoms with E-state index in [0.717, 1.165) is 0 Å². The van der Waals surface area contributed by atoms with Crippen LogP contribution in [-0.2, 0) is 0 Å². The molecule has 5 N–H and O–H groups in total. The summed E-state index contributed by atoms with van der Waals surface area (Å²) in [5.74, 6) is 0.0793. The van der Waals surface area contributed by atoms with Crippen LogP contribution in [0.1, 0.15) is 13.3 Å². The molecular weight excluding hydrogens is 160 g/mol. The van der Waals surface area contributed by atoms with Gasteiger partial charge >= 0.3 is 6.03 Å². The Labute approximate surface area is 70.8 Å². The Bertz CT molecular complexity index is 192. The Balaban J connectivity index is 4.03. The molecule has 1 atom stereocenters. The van der Waals surface area contributed by atoms with Crippen molar-refractivity contribution in [1.82, 2.24) is 4.90 Å². The molecule has 0 fully saturated rings. The van der Waals surface area contributed by atoms with Crippen molar-refractivity contribution < 1.29 is 10.0 Å². The summed E-state index contributed by atoms with van der Waals surface area (Å²) in [7, 11) is 1.55. The lowest BCUT2D eigenvalue weighted by atomic mass is 10.2. The van der Waals surface area contributed by atoms with Gasteiger partial charge in [0.2, 0.25) is 0 Å². The second kappa shape index (κ2) is 4.42.